The van der Waals surface area contributed by atoms with Gasteiger partial charge in [-0.05, 0) is 26.2 Å². The first kappa shape index (κ1) is 24.4. The molecular weight excluding hydrogens is 459 g/mol. The molecule has 0 unspecified atom stereocenters. The summed E-state index contributed by atoms with van der Waals surface area (Å²) in [6, 6.07) is 0. The van der Waals surface area contributed by atoms with E-state index in [9.17, 15) is 4.79 Å². The number of hydrogen-bond acceptors (Lipinski definition) is 4. The number of nitrogens with zero attached hydrogens (tertiary/aromatic N) is 2. The Morgan fingerprint density at radius 2 is 2.04 bits per heavy atom. The molecule has 0 aromatic carbocycles. The van der Waals surface area contributed by atoms with Gasteiger partial charge in [0.2, 0.25) is 5.91 Å². The number of likely N-dealkylation sites (tertiary alicyclic amines) is 1. The molecule has 0 bridgehead atoms. The zero-order chi connectivity index (χ0) is 18.7. The summed E-state index contributed by atoms with van der Waals surface area (Å²) in [5.41, 5.74) is -0.209. The van der Waals surface area contributed by atoms with Gasteiger partial charge in [-0.15, -0.1) is 24.0 Å². The maximum Gasteiger partial charge on any atom is 0.222 e. The normalized spacial score (nSPS) is 20.6. The van der Waals surface area contributed by atoms with Crippen LogP contribution in [0, 0.1) is 0 Å². The highest BCUT2D eigenvalue weighted by atomic mass is 127. The molecule has 0 radical (unpaired) electrons. The summed E-state index contributed by atoms with van der Waals surface area (Å²) in [5, 5.41) is 6.68. The predicted molar refractivity (Wildman–Crippen MR) is 119 cm³/mol. The van der Waals surface area contributed by atoms with Crippen LogP contribution in [0.3, 0.4) is 0 Å². The molecule has 2 heterocycles. The molecule has 0 spiro atoms. The number of guanidine groups is 1. The molecular formula is C19H37IN4O3. The summed E-state index contributed by atoms with van der Waals surface area (Å²) < 4.78 is 11.2. The van der Waals surface area contributed by atoms with E-state index in [1.807, 2.05) is 4.90 Å². The number of carbonyl (C=O) groups is 1. The molecule has 27 heavy (non-hydrogen) atoms. The lowest BCUT2D eigenvalue weighted by molar-refractivity contribution is -0.130. The fourth-order valence-corrected chi connectivity index (χ4v) is 3.49. The number of ether oxygens (including phenoxy) is 2. The van der Waals surface area contributed by atoms with Gasteiger partial charge in [0.1, 0.15) is 0 Å². The Kier molecular flexibility index (Phi) is 12.3. The summed E-state index contributed by atoms with van der Waals surface area (Å²) in [5.74, 6) is 1.13. The van der Waals surface area contributed by atoms with Crippen LogP contribution in [0.15, 0.2) is 4.99 Å². The fourth-order valence-electron chi connectivity index (χ4n) is 3.49. The van der Waals surface area contributed by atoms with E-state index >= 15 is 0 Å². The highest BCUT2D eigenvalue weighted by Gasteiger charge is 2.32. The van der Waals surface area contributed by atoms with Gasteiger partial charge in [-0.1, -0.05) is 6.42 Å². The van der Waals surface area contributed by atoms with E-state index in [-0.39, 0.29) is 29.6 Å². The molecule has 8 heteroatoms. The number of nitrogens with one attached hydrogen (secondary N) is 2. The highest BCUT2D eigenvalue weighted by Crippen LogP contribution is 2.24. The number of aliphatic imine (C=N–C) groups is 1. The number of methoxy groups -OCH3 is 1. The summed E-state index contributed by atoms with van der Waals surface area (Å²) in [6.07, 6.45) is 6.74. The average molecular weight is 496 g/mol. The molecule has 158 valence electrons. The maximum absolute atomic E-state index is 12.0. The monoisotopic (exact) mass is 496 g/mol. The average Bonchev–Trinajstić information content (AvgIpc) is 2.88. The first-order valence-electron chi connectivity index (χ1n) is 10.1. The quantitative estimate of drug-likeness (QED) is 0.233. The Morgan fingerprint density at radius 3 is 2.74 bits per heavy atom. The minimum atomic E-state index is -0.209. The number of hydrogen-bond donors (Lipinski definition) is 2. The van der Waals surface area contributed by atoms with Gasteiger partial charge in [-0.3, -0.25) is 9.79 Å². The Labute approximate surface area is 181 Å². The number of amides is 1. The lowest BCUT2D eigenvalue weighted by atomic mass is 9.94. The zero-order valence-electron chi connectivity index (χ0n) is 16.9. The van der Waals surface area contributed by atoms with Gasteiger partial charge in [0, 0.05) is 65.8 Å². The van der Waals surface area contributed by atoms with Crippen molar-refractivity contribution in [1.82, 2.24) is 15.5 Å². The van der Waals surface area contributed by atoms with Crippen molar-refractivity contribution in [1.29, 1.82) is 0 Å². The van der Waals surface area contributed by atoms with Gasteiger partial charge in [0.15, 0.2) is 5.96 Å². The molecule has 0 aromatic rings. The largest absolute Gasteiger partial charge is 0.381 e. The van der Waals surface area contributed by atoms with Crippen molar-refractivity contribution in [3.8, 4) is 0 Å². The predicted octanol–water partition coefficient (Wildman–Crippen LogP) is 2.15. The van der Waals surface area contributed by atoms with Crippen molar-refractivity contribution in [3.05, 3.63) is 0 Å². The zero-order valence-corrected chi connectivity index (χ0v) is 19.3. The van der Waals surface area contributed by atoms with Crippen molar-refractivity contribution in [2.75, 3.05) is 53.0 Å². The first-order valence-corrected chi connectivity index (χ1v) is 10.1. The van der Waals surface area contributed by atoms with E-state index < -0.39 is 0 Å². The van der Waals surface area contributed by atoms with Gasteiger partial charge >= 0.3 is 0 Å². The smallest absolute Gasteiger partial charge is 0.222 e. The summed E-state index contributed by atoms with van der Waals surface area (Å²) in [7, 11) is 1.76. The lowest BCUT2D eigenvalue weighted by Gasteiger charge is -2.34. The summed E-state index contributed by atoms with van der Waals surface area (Å²) in [6.45, 7) is 7.52. The second-order valence-electron chi connectivity index (χ2n) is 7.17. The van der Waals surface area contributed by atoms with Crippen LogP contribution < -0.4 is 10.6 Å². The highest BCUT2D eigenvalue weighted by molar-refractivity contribution is 14.0. The van der Waals surface area contributed by atoms with E-state index in [1.54, 1.807) is 7.11 Å². The number of rotatable bonds is 8. The van der Waals surface area contributed by atoms with Crippen molar-refractivity contribution >= 4 is 35.8 Å². The van der Waals surface area contributed by atoms with Crippen molar-refractivity contribution in [2.24, 2.45) is 4.99 Å². The Balaban J connectivity index is 0.00000364. The van der Waals surface area contributed by atoms with Crippen LogP contribution in [0.2, 0.25) is 0 Å². The molecule has 0 aromatic heterocycles. The van der Waals surface area contributed by atoms with Crippen LogP contribution in [0.25, 0.3) is 0 Å². The van der Waals surface area contributed by atoms with Gasteiger partial charge in [-0.25, -0.2) is 0 Å². The van der Waals surface area contributed by atoms with Crippen LogP contribution in [0.4, 0.5) is 0 Å². The molecule has 0 atom stereocenters. The van der Waals surface area contributed by atoms with Crippen molar-refractivity contribution < 1.29 is 14.3 Å². The van der Waals surface area contributed by atoms with E-state index in [4.69, 9.17) is 14.5 Å². The number of carbonyl (C=O) groups excluding carboxylic acids is 1. The van der Waals surface area contributed by atoms with E-state index in [2.05, 4.69) is 17.6 Å². The molecule has 2 fully saturated rings. The molecule has 7 nitrogen and oxygen atoms in total. The molecule has 0 aliphatic carbocycles. The third-order valence-electron chi connectivity index (χ3n) is 5.28. The van der Waals surface area contributed by atoms with E-state index in [0.29, 0.717) is 18.9 Å². The van der Waals surface area contributed by atoms with Gasteiger partial charge < -0.3 is 25.0 Å². The van der Waals surface area contributed by atoms with Gasteiger partial charge in [-0.2, -0.15) is 0 Å². The maximum atomic E-state index is 12.0. The number of halogens is 1. The molecule has 2 aliphatic rings. The van der Waals surface area contributed by atoms with Gasteiger partial charge in [0.05, 0.1) is 12.1 Å². The standard InChI is InChI=1S/C19H36N4O3.HI/c1-3-20-18(22-16-19(25-2)9-14-26-15-10-19)21-11-7-13-23-12-6-4-5-8-17(23)24;/h3-16H2,1-2H3,(H2,20,21,22);1H. The Hall–Kier alpha value is -0.610. The van der Waals surface area contributed by atoms with Crippen molar-refractivity contribution in [3.63, 3.8) is 0 Å². The SMILES string of the molecule is CCNC(=NCC1(OC)CCOCC1)NCCCN1CCCCCC1=O.I. The molecule has 2 rings (SSSR count). The van der Waals surface area contributed by atoms with Crippen molar-refractivity contribution in [2.45, 2.75) is 57.5 Å². The van der Waals surface area contributed by atoms with Crippen LogP contribution in [-0.4, -0.2) is 75.4 Å². The third-order valence-corrected chi connectivity index (χ3v) is 5.28. The van der Waals surface area contributed by atoms with Crippen LogP contribution in [-0.2, 0) is 14.3 Å². The van der Waals surface area contributed by atoms with Crippen LogP contribution in [0.5, 0.6) is 0 Å². The van der Waals surface area contributed by atoms with E-state index in [1.165, 1.54) is 6.42 Å². The molecule has 1 amide bonds. The third kappa shape index (κ3) is 8.51. The first-order chi connectivity index (χ1) is 12.7. The summed E-state index contributed by atoms with van der Waals surface area (Å²) in [4.78, 5) is 18.8. The van der Waals surface area contributed by atoms with Crippen LogP contribution >= 0.6 is 24.0 Å². The molecule has 2 aliphatic heterocycles. The Bertz CT molecular complexity index is 456. The Morgan fingerprint density at radius 1 is 1.26 bits per heavy atom. The molecule has 2 N–H and O–H groups in total. The topological polar surface area (TPSA) is 75.2 Å². The second-order valence-corrected chi connectivity index (χ2v) is 7.17. The minimum absolute atomic E-state index is 0. The van der Waals surface area contributed by atoms with E-state index in [0.717, 1.165) is 77.5 Å². The second kappa shape index (κ2) is 13.5. The molecule has 2 saturated heterocycles. The minimum Gasteiger partial charge on any atom is -0.381 e. The fraction of sp³-hybridized carbons (Fsp3) is 0.895. The van der Waals surface area contributed by atoms with Gasteiger partial charge in [0.25, 0.3) is 0 Å². The molecule has 0 saturated carbocycles. The lowest BCUT2D eigenvalue weighted by Crippen LogP contribution is -2.44. The summed E-state index contributed by atoms with van der Waals surface area (Å²) >= 11 is 0. The van der Waals surface area contributed by atoms with Crippen LogP contribution in [0.1, 0.15) is 51.9 Å².